The number of amides is 3. The number of carbonyl (C=O) groups is 4. The molecule has 3 amide bonds. The average Bonchev–Trinajstić information content (AvgIpc) is 3.69. The average molecular weight is 567 g/mol. The number of ether oxygens (including phenoxy) is 1. The highest BCUT2D eigenvalue weighted by Gasteiger charge is 2.37. The summed E-state index contributed by atoms with van der Waals surface area (Å²) >= 11 is 0. The minimum Gasteiger partial charge on any atom is -0.480 e. The lowest BCUT2D eigenvalue weighted by Crippen LogP contribution is -2.56. The normalized spacial score (nSPS) is 21.1. The number of nitrogens with one attached hydrogen (secondary N) is 3. The van der Waals surface area contributed by atoms with Gasteiger partial charge < -0.3 is 25.5 Å². The van der Waals surface area contributed by atoms with E-state index in [1.807, 2.05) is 5.32 Å². The number of hydrogen-bond acceptors (Lipinski definition) is 5. The van der Waals surface area contributed by atoms with E-state index in [1.54, 1.807) is 54.6 Å². The smallest absolute Gasteiger partial charge is 0.410 e. The second-order valence-electron chi connectivity index (χ2n) is 9.32. The Balaban J connectivity index is 1.65. The largest absolute Gasteiger partial charge is 0.480 e. The number of carboxylic acids is 1. The van der Waals surface area contributed by atoms with Crippen LogP contribution in [0.5, 0.6) is 0 Å². The lowest BCUT2D eigenvalue weighted by molar-refractivity contribution is -0.142. The maximum atomic E-state index is 13.8. The van der Waals surface area contributed by atoms with Crippen LogP contribution >= 0.6 is 0 Å². The van der Waals surface area contributed by atoms with E-state index in [2.05, 4.69) is 10.3 Å². The first-order valence-electron chi connectivity index (χ1n) is 17.2. The Bertz CT molecular complexity index is 1670. The van der Waals surface area contributed by atoms with Crippen molar-refractivity contribution in [3.8, 4) is 0 Å². The topological polar surface area (TPSA) is 141 Å². The van der Waals surface area contributed by atoms with Gasteiger partial charge in [-0.3, -0.25) is 14.5 Å². The molecule has 40 heavy (non-hydrogen) atoms. The summed E-state index contributed by atoms with van der Waals surface area (Å²) in [5.74, 6) is -8.33. The highest BCUT2D eigenvalue weighted by atomic mass is 16.6. The number of aromatic nitrogens is 1. The number of para-hydroxylation sites is 1. The zero-order valence-corrected chi connectivity index (χ0v) is 21.5. The quantitative estimate of drug-likeness (QED) is 0.280. The first kappa shape index (κ1) is 18.9. The number of H-pyrrole nitrogens is 1. The number of nitrogens with zero attached hydrogens (tertiary/aromatic N) is 1. The van der Waals surface area contributed by atoms with Gasteiger partial charge in [0.1, 0.15) is 24.7 Å². The Morgan fingerprint density at radius 1 is 1.12 bits per heavy atom. The number of aliphatic carboxylic acids is 1. The van der Waals surface area contributed by atoms with E-state index in [1.165, 1.54) is 6.20 Å². The number of fused-ring (bicyclic) bond motifs is 1. The van der Waals surface area contributed by atoms with Gasteiger partial charge in [-0.1, -0.05) is 62.2 Å². The molecule has 3 atom stereocenters. The van der Waals surface area contributed by atoms with Crippen LogP contribution in [-0.4, -0.2) is 63.5 Å². The summed E-state index contributed by atoms with van der Waals surface area (Å²) in [6.07, 6.45) is -3.30. The Hall–Kier alpha value is -4.34. The first-order chi connectivity index (χ1) is 22.8. The summed E-state index contributed by atoms with van der Waals surface area (Å²) in [6.45, 7) is -7.85. The number of rotatable bonds is 11. The van der Waals surface area contributed by atoms with Gasteiger partial charge in [0.2, 0.25) is 11.8 Å². The molecular weight excluding hydrogens is 512 g/mol. The monoisotopic (exact) mass is 566 g/mol. The Kier molecular flexibility index (Phi) is 6.20. The summed E-state index contributed by atoms with van der Waals surface area (Å²) < 4.78 is 78.3. The number of carbonyl (C=O) groups excluding carboxylic acids is 3. The Morgan fingerprint density at radius 2 is 1.88 bits per heavy atom. The molecule has 1 aliphatic rings. The van der Waals surface area contributed by atoms with Crippen LogP contribution < -0.4 is 10.6 Å². The molecule has 0 saturated carbocycles. The van der Waals surface area contributed by atoms with Gasteiger partial charge >= 0.3 is 12.1 Å². The van der Waals surface area contributed by atoms with Crippen molar-refractivity contribution in [1.82, 2.24) is 20.5 Å². The van der Waals surface area contributed by atoms with E-state index in [0.29, 0.717) is 28.5 Å². The van der Waals surface area contributed by atoms with Crippen molar-refractivity contribution in [2.45, 2.75) is 64.1 Å². The molecule has 1 saturated heterocycles. The fraction of sp³-hybridized carbons (Fsp3) is 0.400. The standard InChI is InChI=1S/C30H36N4O6/c1-19(2)15-24(27(35)33-25(29(37)38)16-21-17-31-23-12-7-6-11-22(21)23)32-28(36)26-13-8-14-34(26)30(39)40-18-20-9-4-3-5-10-20/h3-7,9-12,17,19,24-26,31H,8,13-16,18H2,1-2H3,(H,32,36)(H,33,35)(H,37,38)/t24-,25-,26-/m0/s1/i1T3,2T3,15T2,19T. The van der Waals surface area contributed by atoms with Gasteiger partial charge in [0.15, 0.2) is 0 Å². The molecular formula is C30H36N4O6. The number of carboxylic acid groups (broad SMARTS) is 1. The van der Waals surface area contributed by atoms with E-state index >= 15 is 0 Å². The van der Waals surface area contributed by atoms with E-state index in [4.69, 9.17) is 17.1 Å². The lowest BCUT2D eigenvalue weighted by atomic mass is 10.0. The maximum absolute atomic E-state index is 13.8. The van der Waals surface area contributed by atoms with Gasteiger partial charge in [0.25, 0.3) is 0 Å². The van der Waals surface area contributed by atoms with Gasteiger partial charge in [-0.2, -0.15) is 0 Å². The van der Waals surface area contributed by atoms with Crippen molar-refractivity contribution in [2.24, 2.45) is 5.89 Å². The van der Waals surface area contributed by atoms with Crippen molar-refractivity contribution in [3.63, 3.8) is 0 Å². The third kappa shape index (κ3) is 7.19. The summed E-state index contributed by atoms with van der Waals surface area (Å²) in [5.41, 5.74) is 1.76. The molecule has 3 aromatic rings. The summed E-state index contributed by atoms with van der Waals surface area (Å²) in [5, 5.41) is 14.8. The second kappa shape index (κ2) is 13.1. The third-order valence-electron chi connectivity index (χ3n) is 6.55. The summed E-state index contributed by atoms with van der Waals surface area (Å²) in [4.78, 5) is 56.8. The van der Waals surface area contributed by atoms with Crippen LogP contribution in [0.15, 0.2) is 60.8 Å². The molecule has 0 bridgehead atoms. The molecule has 0 spiro atoms. The number of benzene rings is 2. The molecule has 2 aromatic carbocycles. The van der Waals surface area contributed by atoms with Crippen molar-refractivity contribution in [2.75, 3.05) is 6.54 Å². The van der Waals surface area contributed by atoms with Crippen LogP contribution in [0.25, 0.3) is 10.9 Å². The zero-order valence-electron chi connectivity index (χ0n) is 30.5. The highest BCUT2D eigenvalue weighted by molar-refractivity contribution is 5.93. The molecule has 4 rings (SSSR count). The molecule has 1 fully saturated rings. The Morgan fingerprint density at radius 3 is 2.62 bits per heavy atom. The molecule has 0 aliphatic carbocycles. The van der Waals surface area contributed by atoms with Gasteiger partial charge in [-0.25, -0.2) is 9.59 Å². The van der Waals surface area contributed by atoms with Crippen LogP contribution in [0.4, 0.5) is 4.79 Å². The van der Waals surface area contributed by atoms with Crippen molar-refractivity contribution in [1.29, 1.82) is 0 Å². The molecule has 10 heteroatoms. The van der Waals surface area contributed by atoms with Gasteiger partial charge in [0, 0.05) is 42.4 Å². The lowest BCUT2D eigenvalue weighted by Gasteiger charge is -2.27. The van der Waals surface area contributed by atoms with Crippen LogP contribution in [0.1, 0.15) is 56.4 Å². The molecule has 1 aromatic heterocycles. The number of hydrogen-bond donors (Lipinski definition) is 4. The zero-order chi connectivity index (χ0) is 36.4. The highest BCUT2D eigenvalue weighted by Crippen LogP contribution is 2.21. The predicted octanol–water partition coefficient (Wildman–Crippen LogP) is 3.61. The minimum atomic E-state index is -4.00. The van der Waals surface area contributed by atoms with E-state index < -0.39 is 68.0 Å². The van der Waals surface area contributed by atoms with Crippen LogP contribution in [-0.2, 0) is 32.1 Å². The third-order valence-corrected chi connectivity index (χ3v) is 6.55. The van der Waals surface area contributed by atoms with Crippen LogP contribution in [0, 0.1) is 5.89 Å². The summed E-state index contributed by atoms with van der Waals surface area (Å²) in [7, 11) is 0. The minimum absolute atomic E-state index is 0.0203. The van der Waals surface area contributed by atoms with Gasteiger partial charge in [-0.15, -0.1) is 0 Å². The Labute approximate surface area is 245 Å². The van der Waals surface area contributed by atoms with E-state index in [0.717, 1.165) is 4.90 Å². The number of aromatic amines is 1. The van der Waals surface area contributed by atoms with Crippen LogP contribution in [0.3, 0.4) is 0 Å². The van der Waals surface area contributed by atoms with Gasteiger partial charge in [0.05, 0.1) is 0 Å². The molecule has 10 nitrogen and oxygen atoms in total. The first-order valence-corrected chi connectivity index (χ1v) is 12.7. The molecule has 2 heterocycles. The summed E-state index contributed by atoms with van der Waals surface area (Å²) in [6, 6.07) is 9.68. The fourth-order valence-electron chi connectivity index (χ4n) is 4.59. The fourth-order valence-corrected chi connectivity index (χ4v) is 4.59. The van der Waals surface area contributed by atoms with E-state index in [9.17, 15) is 24.3 Å². The molecule has 1 aliphatic heterocycles. The van der Waals surface area contributed by atoms with Crippen molar-refractivity contribution >= 4 is 34.8 Å². The van der Waals surface area contributed by atoms with E-state index in [-0.39, 0.29) is 26.0 Å². The van der Waals surface area contributed by atoms with Crippen LogP contribution in [0.2, 0.25) is 0 Å². The molecule has 212 valence electrons. The predicted molar refractivity (Wildman–Crippen MR) is 149 cm³/mol. The second-order valence-corrected chi connectivity index (χ2v) is 9.32. The SMILES string of the molecule is [3H]C([3H])([3H])C([3H])(C([3H])([3H])[3H])C([3H])([3H])[C@H](NC(=O)[C@@H]1CCCN1C(=O)OCc1ccccc1)C(=O)N[C@@H](Cc1c[nH]c2ccccc12)C(=O)O. The molecule has 4 N–H and O–H groups in total. The molecule has 0 radical (unpaired) electrons. The van der Waals surface area contributed by atoms with Crippen molar-refractivity contribution in [3.05, 3.63) is 71.9 Å². The van der Waals surface area contributed by atoms with Gasteiger partial charge in [-0.05, 0) is 42.3 Å². The maximum Gasteiger partial charge on any atom is 0.410 e. The number of likely N-dealkylation sites (tertiary alicyclic amines) is 1. The molecule has 0 unspecified atom stereocenters. The van der Waals surface area contributed by atoms with Crippen molar-refractivity contribution < 1.29 is 41.4 Å².